The van der Waals surface area contributed by atoms with Crippen LogP contribution in [-0.2, 0) is 16.0 Å². The lowest BCUT2D eigenvalue weighted by Gasteiger charge is -2.10. The zero-order valence-electron chi connectivity index (χ0n) is 11.2. The number of nitrogens with zero attached hydrogens (tertiary/aromatic N) is 2. The van der Waals surface area contributed by atoms with Crippen molar-refractivity contribution in [2.24, 2.45) is 11.8 Å². The molecule has 1 fully saturated rings. The lowest BCUT2D eigenvalue weighted by molar-refractivity contribution is -0.121. The van der Waals surface area contributed by atoms with Crippen molar-refractivity contribution in [3.63, 3.8) is 0 Å². The normalized spacial score (nSPS) is 17.1. The average Bonchev–Trinajstić information content (AvgIpc) is 3.06. The van der Waals surface area contributed by atoms with Crippen LogP contribution in [0, 0.1) is 11.8 Å². The average molecular weight is 252 g/mol. The maximum atomic E-state index is 11.6. The van der Waals surface area contributed by atoms with Gasteiger partial charge in [-0.2, -0.15) is 4.98 Å². The van der Waals surface area contributed by atoms with Gasteiger partial charge in [-0.3, -0.25) is 4.79 Å². The Hall–Kier alpha value is -1.23. The number of hydrogen-bond donors (Lipinski definition) is 0. The fourth-order valence-electron chi connectivity index (χ4n) is 1.81. The van der Waals surface area contributed by atoms with Crippen molar-refractivity contribution >= 4 is 5.78 Å². The fourth-order valence-corrected chi connectivity index (χ4v) is 1.81. The molecule has 1 aromatic heterocycles. The van der Waals surface area contributed by atoms with Crippen LogP contribution >= 0.6 is 0 Å². The van der Waals surface area contributed by atoms with Crippen LogP contribution in [0.2, 0.25) is 0 Å². The summed E-state index contributed by atoms with van der Waals surface area (Å²) in [6, 6.07) is 0. The summed E-state index contributed by atoms with van der Waals surface area (Å²) < 4.78 is 10.8. The lowest BCUT2D eigenvalue weighted by Crippen LogP contribution is -2.11. The van der Waals surface area contributed by atoms with Crippen LogP contribution in [0.15, 0.2) is 4.52 Å². The molecular weight excluding hydrogens is 232 g/mol. The van der Waals surface area contributed by atoms with E-state index in [0.29, 0.717) is 24.2 Å². The van der Waals surface area contributed by atoms with Crippen molar-refractivity contribution in [3.8, 4) is 0 Å². The topological polar surface area (TPSA) is 65.2 Å². The molecule has 18 heavy (non-hydrogen) atoms. The third-order valence-electron chi connectivity index (χ3n) is 3.10. The molecule has 1 unspecified atom stereocenters. The summed E-state index contributed by atoms with van der Waals surface area (Å²) in [6.07, 6.45) is 2.45. The highest BCUT2D eigenvalue weighted by Gasteiger charge is 2.36. The molecular formula is C13H20N2O3. The van der Waals surface area contributed by atoms with Crippen LogP contribution in [-0.4, -0.2) is 22.5 Å². The summed E-state index contributed by atoms with van der Waals surface area (Å²) in [7, 11) is 0. The van der Waals surface area contributed by atoms with Crippen molar-refractivity contribution in [1.29, 1.82) is 0 Å². The van der Waals surface area contributed by atoms with Crippen molar-refractivity contribution < 1.29 is 14.1 Å². The molecule has 5 heteroatoms. The van der Waals surface area contributed by atoms with Gasteiger partial charge in [0.15, 0.2) is 0 Å². The molecule has 1 heterocycles. The van der Waals surface area contributed by atoms with Crippen LogP contribution < -0.4 is 0 Å². The number of rotatable bonds is 7. The summed E-state index contributed by atoms with van der Waals surface area (Å²) in [4.78, 5) is 15.9. The van der Waals surface area contributed by atoms with E-state index in [-0.39, 0.29) is 24.2 Å². The van der Waals surface area contributed by atoms with Crippen molar-refractivity contribution in [1.82, 2.24) is 10.1 Å². The first-order chi connectivity index (χ1) is 8.61. The van der Waals surface area contributed by atoms with E-state index >= 15 is 0 Å². The Morgan fingerprint density at radius 1 is 1.50 bits per heavy atom. The molecule has 0 radical (unpaired) electrons. The van der Waals surface area contributed by atoms with Gasteiger partial charge in [0.05, 0.1) is 6.42 Å². The fraction of sp³-hybridized carbons (Fsp3) is 0.769. The van der Waals surface area contributed by atoms with Gasteiger partial charge < -0.3 is 9.26 Å². The smallest absolute Gasteiger partial charge is 0.234 e. The molecule has 0 spiro atoms. The Morgan fingerprint density at radius 3 is 2.78 bits per heavy atom. The predicted molar refractivity (Wildman–Crippen MR) is 64.9 cm³/mol. The first-order valence-electron chi connectivity index (χ1n) is 6.58. The number of carbonyl (C=O) groups excluding carboxylic acids is 1. The maximum absolute atomic E-state index is 11.6. The van der Waals surface area contributed by atoms with Crippen LogP contribution in [0.4, 0.5) is 0 Å². The van der Waals surface area contributed by atoms with Gasteiger partial charge >= 0.3 is 0 Å². The van der Waals surface area contributed by atoms with Gasteiger partial charge in [-0.05, 0) is 25.7 Å². The second-order valence-electron chi connectivity index (χ2n) is 5.06. The molecule has 100 valence electrons. The molecule has 2 rings (SSSR count). The Labute approximate surface area is 107 Å². The van der Waals surface area contributed by atoms with E-state index < -0.39 is 0 Å². The monoisotopic (exact) mass is 252 g/mol. The highest BCUT2D eigenvalue weighted by Crippen LogP contribution is 2.42. The Kier molecular flexibility index (Phi) is 4.11. The standard InChI is InChI=1S/C13H20N2O3/c1-4-17-12(9-5-6-9)13-14-11(18-15-13)7-10(16)8(2)3/h8-9,12H,4-7H2,1-3H3. The van der Waals surface area contributed by atoms with Crippen molar-refractivity contribution in [3.05, 3.63) is 11.7 Å². The van der Waals surface area contributed by atoms with E-state index in [1.54, 1.807) is 0 Å². The maximum Gasteiger partial charge on any atom is 0.234 e. The molecule has 1 atom stereocenters. The molecule has 1 saturated carbocycles. The van der Waals surface area contributed by atoms with Gasteiger partial charge in [-0.15, -0.1) is 0 Å². The third kappa shape index (κ3) is 3.16. The number of aromatic nitrogens is 2. The van der Waals surface area contributed by atoms with E-state index in [1.165, 1.54) is 0 Å². The molecule has 0 aromatic carbocycles. The summed E-state index contributed by atoms with van der Waals surface area (Å²) >= 11 is 0. The van der Waals surface area contributed by atoms with Crippen LogP contribution in [0.25, 0.3) is 0 Å². The Bertz CT molecular complexity index is 410. The third-order valence-corrected chi connectivity index (χ3v) is 3.10. The van der Waals surface area contributed by atoms with Crippen LogP contribution in [0.5, 0.6) is 0 Å². The molecule has 0 amide bonds. The first kappa shape index (κ1) is 13.2. The molecule has 0 saturated heterocycles. The summed E-state index contributed by atoms with van der Waals surface area (Å²) in [5.41, 5.74) is 0. The van der Waals surface area contributed by atoms with Crippen LogP contribution in [0.1, 0.15) is 51.4 Å². The Morgan fingerprint density at radius 2 is 2.22 bits per heavy atom. The SMILES string of the molecule is CCOC(c1noc(CC(=O)C(C)C)n1)C1CC1. The van der Waals surface area contributed by atoms with Gasteiger partial charge in [-0.25, -0.2) is 0 Å². The summed E-state index contributed by atoms with van der Waals surface area (Å²) in [6.45, 7) is 6.33. The second kappa shape index (κ2) is 5.61. The van der Waals surface area contributed by atoms with E-state index in [0.717, 1.165) is 12.8 Å². The van der Waals surface area contributed by atoms with Crippen molar-refractivity contribution in [2.75, 3.05) is 6.61 Å². The molecule has 0 aliphatic heterocycles. The van der Waals surface area contributed by atoms with E-state index in [4.69, 9.17) is 9.26 Å². The second-order valence-corrected chi connectivity index (χ2v) is 5.06. The van der Waals surface area contributed by atoms with Gasteiger partial charge in [0.25, 0.3) is 0 Å². The van der Waals surface area contributed by atoms with E-state index in [2.05, 4.69) is 10.1 Å². The highest BCUT2D eigenvalue weighted by atomic mass is 16.5. The quantitative estimate of drug-likeness (QED) is 0.745. The number of carbonyl (C=O) groups is 1. The van der Waals surface area contributed by atoms with Gasteiger partial charge in [-0.1, -0.05) is 19.0 Å². The zero-order valence-corrected chi connectivity index (χ0v) is 11.2. The number of Topliss-reactive ketones (excluding diaryl/α,β-unsaturated/α-hetero) is 1. The molecule has 1 aromatic rings. The van der Waals surface area contributed by atoms with E-state index in [9.17, 15) is 4.79 Å². The summed E-state index contributed by atoms with van der Waals surface area (Å²) in [5, 5.41) is 3.95. The van der Waals surface area contributed by atoms with E-state index in [1.807, 2.05) is 20.8 Å². The highest BCUT2D eigenvalue weighted by molar-refractivity contribution is 5.81. The predicted octanol–water partition coefficient (Wildman–Crippen LogP) is 2.32. The van der Waals surface area contributed by atoms with Gasteiger partial charge in [0.1, 0.15) is 11.9 Å². The molecule has 0 N–H and O–H groups in total. The Balaban J connectivity index is 2.02. The minimum atomic E-state index is -0.0679. The lowest BCUT2D eigenvalue weighted by atomic mass is 10.1. The minimum Gasteiger partial charge on any atom is -0.370 e. The number of ketones is 1. The number of hydrogen-bond acceptors (Lipinski definition) is 5. The van der Waals surface area contributed by atoms with Crippen molar-refractivity contribution in [2.45, 2.75) is 46.1 Å². The van der Waals surface area contributed by atoms with Gasteiger partial charge in [0, 0.05) is 12.5 Å². The molecule has 1 aliphatic carbocycles. The minimum absolute atomic E-state index is 0.00790. The largest absolute Gasteiger partial charge is 0.370 e. The summed E-state index contributed by atoms with van der Waals surface area (Å²) in [5.74, 6) is 1.60. The molecule has 1 aliphatic rings. The molecule has 0 bridgehead atoms. The zero-order chi connectivity index (χ0) is 13.1. The van der Waals surface area contributed by atoms with Gasteiger partial charge in [0.2, 0.25) is 11.7 Å². The first-order valence-corrected chi connectivity index (χ1v) is 6.58. The molecule has 5 nitrogen and oxygen atoms in total. The van der Waals surface area contributed by atoms with Crippen LogP contribution in [0.3, 0.4) is 0 Å². The number of ether oxygens (including phenoxy) is 1.